The van der Waals surface area contributed by atoms with Gasteiger partial charge in [-0.25, -0.2) is 4.98 Å². The van der Waals surface area contributed by atoms with Gasteiger partial charge in [-0.15, -0.1) is 0 Å². The largest absolute Gasteiger partial charge is 0.494 e. The van der Waals surface area contributed by atoms with Crippen molar-refractivity contribution < 1.29 is 9.94 Å². The normalized spacial score (nSPS) is 11.2. The fourth-order valence-electron chi connectivity index (χ4n) is 1.31. The molecule has 0 unspecified atom stereocenters. The molecule has 0 aliphatic heterocycles. The van der Waals surface area contributed by atoms with E-state index in [2.05, 4.69) is 15.1 Å². The van der Waals surface area contributed by atoms with Crippen molar-refractivity contribution in [3.63, 3.8) is 0 Å². The molecule has 0 aliphatic rings. The van der Waals surface area contributed by atoms with E-state index in [1.165, 1.54) is 6.21 Å². The van der Waals surface area contributed by atoms with E-state index in [-0.39, 0.29) is 0 Å². The zero-order valence-corrected chi connectivity index (χ0v) is 7.56. The molecule has 0 fully saturated rings. The average molecular weight is 191 g/mol. The second-order valence-corrected chi connectivity index (χ2v) is 2.72. The van der Waals surface area contributed by atoms with Gasteiger partial charge in [0.15, 0.2) is 5.82 Å². The molecule has 0 saturated carbocycles. The van der Waals surface area contributed by atoms with E-state index in [0.29, 0.717) is 11.6 Å². The molecule has 0 spiro atoms. The monoisotopic (exact) mass is 191 g/mol. The molecule has 0 atom stereocenters. The fraction of sp³-hybridized carbons (Fsp3) is 0.111. The predicted octanol–water partition coefficient (Wildman–Crippen LogP) is 1.38. The highest BCUT2D eigenvalue weighted by atomic mass is 16.5. The number of rotatable bonds is 2. The summed E-state index contributed by atoms with van der Waals surface area (Å²) in [6, 6.07) is 5.56. The molecule has 2 aromatic rings. The van der Waals surface area contributed by atoms with E-state index < -0.39 is 0 Å². The van der Waals surface area contributed by atoms with Gasteiger partial charge in [-0.2, -0.15) is 0 Å². The van der Waals surface area contributed by atoms with Crippen LogP contribution in [0, 0.1) is 0 Å². The number of fused-ring (bicyclic) bond motifs is 1. The van der Waals surface area contributed by atoms with Gasteiger partial charge >= 0.3 is 0 Å². The summed E-state index contributed by atoms with van der Waals surface area (Å²) in [7, 11) is 1.59. The molecule has 0 amide bonds. The van der Waals surface area contributed by atoms with Gasteiger partial charge in [0.2, 0.25) is 0 Å². The molecule has 14 heavy (non-hydrogen) atoms. The highest BCUT2D eigenvalue weighted by Crippen LogP contribution is 2.22. The Morgan fingerprint density at radius 3 is 3.14 bits per heavy atom. The van der Waals surface area contributed by atoms with Crippen molar-refractivity contribution in [2.75, 3.05) is 7.11 Å². The van der Waals surface area contributed by atoms with Crippen molar-refractivity contribution in [2.24, 2.45) is 5.16 Å². The minimum atomic E-state index is 0.493. The average Bonchev–Trinajstić information content (AvgIpc) is 2.60. The number of ether oxygens (including phenoxy) is 1. The van der Waals surface area contributed by atoms with E-state index in [1.807, 2.05) is 18.2 Å². The number of aromatic amines is 1. The summed E-state index contributed by atoms with van der Waals surface area (Å²) in [5.74, 6) is 1.18. The summed E-state index contributed by atoms with van der Waals surface area (Å²) in [5.41, 5.74) is 1.57. The number of nitrogens with one attached hydrogen (secondary N) is 1. The first-order valence-corrected chi connectivity index (χ1v) is 4.05. The first kappa shape index (κ1) is 8.55. The lowest BCUT2D eigenvalue weighted by Crippen LogP contribution is -1.84. The van der Waals surface area contributed by atoms with Crippen molar-refractivity contribution in [1.82, 2.24) is 9.97 Å². The molecule has 5 nitrogen and oxygen atoms in total. The molecule has 5 heteroatoms. The molecule has 0 bridgehead atoms. The maximum Gasteiger partial charge on any atom is 0.153 e. The smallest absolute Gasteiger partial charge is 0.153 e. The van der Waals surface area contributed by atoms with Gasteiger partial charge < -0.3 is 14.9 Å². The predicted molar refractivity (Wildman–Crippen MR) is 52.0 cm³/mol. The van der Waals surface area contributed by atoms with Crippen molar-refractivity contribution in [1.29, 1.82) is 0 Å². The summed E-state index contributed by atoms with van der Waals surface area (Å²) in [6.07, 6.45) is 1.24. The molecule has 1 aromatic carbocycles. The van der Waals surface area contributed by atoms with Gasteiger partial charge in [0.1, 0.15) is 17.5 Å². The Bertz CT molecular complexity index is 476. The highest BCUT2D eigenvalue weighted by Gasteiger charge is 2.05. The van der Waals surface area contributed by atoms with E-state index in [1.54, 1.807) is 7.11 Å². The quantitative estimate of drug-likeness (QED) is 0.428. The van der Waals surface area contributed by atoms with Crippen molar-refractivity contribution in [2.45, 2.75) is 0 Å². The molecule has 2 rings (SSSR count). The summed E-state index contributed by atoms with van der Waals surface area (Å²) in [6.45, 7) is 0. The summed E-state index contributed by atoms with van der Waals surface area (Å²) >= 11 is 0. The molecule has 0 saturated heterocycles. The molecular weight excluding hydrogens is 182 g/mol. The first-order valence-electron chi connectivity index (χ1n) is 4.05. The van der Waals surface area contributed by atoms with Gasteiger partial charge in [-0.3, -0.25) is 0 Å². The van der Waals surface area contributed by atoms with Crippen LogP contribution in [0.15, 0.2) is 23.4 Å². The van der Waals surface area contributed by atoms with Crippen LogP contribution in [0.2, 0.25) is 0 Å². The lowest BCUT2D eigenvalue weighted by atomic mass is 10.3. The third-order valence-corrected chi connectivity index (χ3v) is 1.89. The number of methoxy groups -OCH3 is 1. The number of hydrogen-bond acceptors (Lipinski definition) is 4. The number of benzene rings is 1. The van der Waals surface area contributed by atoms with Crippen LogP contribution in [0.3, 0.4) is 0 Å². The zero-order chi connectivity index (χ0) is 9.97. The second kappa shape index (κ2) is 3.37. The topological polar surface area (TPSA) is 70.5 Å². The number of oxime groups is 1. The lowest BCUT2D eigenvalue weighted by molar-refractivity contribution is 0.321. The zero-order valence-electron chi connectivity index (χ0n) is 7.56. The van der Waals surface area contributed by atoms with Gasteiger partial charge in [0.25, 0.3) is 0 Å². The summed E-state index contributed by atoms with van der Waals surface area (Å²) in [4.78, 5) is 7.15. The number of para-hydroxylation sites is 1. The number of aromatic nitrogens is 2. The molecule has 1 aromatic heterocycles. The van der Waals surface area contributed by atoms with Crippen LogP contribution >= 0.6 is 0 Å². The Labute approximate surface area is 80.0 Å². The highest BCUT2D eigenvalue weighted by molar-refractivity contribution is 5.87. The Hall–Kier alpha value is -2.04. The standard InChI is InChI=1S/C9H9N3O2/c1-14-7-4-2-3-6-9(7)12-8(11-6)5-10-13/h2-5,13H,1H3,(H,11,12)/b10-5-. The number of imidazole rings is 1. The summed E-state index contributed by atoms with van der Waals surface area (Å²) < 4.78 is 5.13. The van der Waals surface area contributed by atoms with Crippen LogP contribution in [0.5, 0.6) is 5.75 Å². The Balaban J connectivity index is 2.64. The summed E-state index contributed by atoms with van der Waals surface area (Å²) in [5, 5.41) is 11.2. The molecule has 2 N–H and O–H groups in total. The van der Waals surface area contributed by atoms with Gasteiger partial charge in [-0.05, 0) is 12.1 Å². The first-order chi connectivity index (χ1) is 6.85. The molecular formula is C9H9N3O2. The van der Waals surface area contributed by atoms with E-state index in [9.17, 15) is 0 Å². The van der Waals surface area contributed by atoms with Crippen LogP contribution in [0.25, 0.3) is 11.0 Å². The minimum Gasteiger partial charge on any atom is -0.494 e. The van der Waals surface area contributed by atoms with E-state index >= 15 is 0 Å². The second-order valence-electron chi connectivity index (χ2n) is 2.72. The van der Waals surface area contributed by atoms with Crippen LogP contribution in [0.1, 0.15) is 5.82 Å². The number of H-pyrrole nitrogens is 1. The maximum atomic E-state index is 8.35. The Morgan fingerprint density at radius 1 is 1.57 bits per heavy atom. The van der Waals surface area contributed by atoms with Gasteiger partial charge in [0.05, 0.1) is 12.6 Å². The third kappa shape index (κ3) is 1.28. The number of hydrogen-bond donors (Lipinski definition) is 2. The molecule has 0 radical (unpaired) electrons. The molecule has 0 aliphatic carbocycles. The van der Waals surface area contributed by atoms with Crippen molar-refractivity contribution >= 4 is 17.2 Å². The van der Waals surface area contributed by atoms with Crippen LogP contribution < -0.4 is 4.74 Å². The van der Waals surface area contributed by atoms with Crippen molar-refractivity contribution in [3.05, 3.63) is 24.0 Å². The number of nitrogens with zero attached hydrogens (tertiary/aromatic N) is 2. The Kier molecular flexibility index (Phi) is 2.06. The molecule has 72 valence electrons. The van der Waals surface area contributed by atoms with Crippen LogP contribution in [-0.2, 0) is 0 Å². The van der Waals surface area contributed by atoms with Crippen LogP contribution in [0.4, 0.5) is 0 Å². The van der Waals surface area contributed by atoms with Gasteiger partial charge in [-0.1, -0.05) is 11.2 Å². The van der Waals surface area contributed by atoms with E-state index in [0.717, 1.165) is 11.0 Å². The van der Waals surface area contributed by atoms with Gasteiger partial charge in [0, 0.05) is 0 Å². The molecule has 1 heterocycles. The van der Waals surface area contributed by atoms with Crippen LogP contribution in [-0.4, -0.2) is 28.5 Å². The lowest BCUT2D eigenvalue weighted by Gasteiger charge is -1.97. The fourth-order valence-corrected chi connectivity index (χ4v) is 1.31. The maximum absolute atomic E-state index is 8.35. The third-order valence-electron chi connectivity index (χ3n) is 1.89. The van der Waals surface area contributed by atoms with E-state index in [4.69, 9.17) is 9.94 Å². The SMILES string of the molecule is COc1cccc2[nH]c(/C=N\O)nc12. The minimum absolute atomic E-state index is 0.493. The Morgan fingerprint density at radius 2 is 2.43 bits per heavy atom. The van der Waals surface area contributed by atoms with Crippen molar-refractivity contribution in [3.8, 4) is 5.75 Å².